The first-order chi connectivity index (χ1) is 12.6. The van der Waals surface area contributed by atoms with Crippen LogP contribution in [0.25, 0.3) is 11.0 Å². The van der Waals surface area contributed by atoms with Crippen LogP contribution in [-0.4, -0.2) is 32.1 Å². The average Bonchev–Trinajstić information content (AvgIpc) is 3.23. The van der Waals surface area contributed by atoms with Crippen molar-refractivity contribution in [2.45, 2.75) is 51.6 Å². The second-order valence-corrected chi connectivity index (χ2v) is 8.64. The lowest BCUT2D eigenvalue weighted by molar-refractivity contribution is 0.0737. The van der Waals surface area contributed by atoms with Crippen molar-refractivity contribution in [2.24, 2.45) is 0 Å². The van der Waals surface area contributed by atoms with Gasteiger partial charge in [-0.05, 0) is 56.2 Å². The Morgan fingerprint density at radius 2 is 2.19 bits per heavy atom. The molecule has 1 fully saturated rings. The zero-order chi connectivity index (χ0) is 17.8. The summed E-state index contributed by atoms with van der Waals surface area (Å²) >= 11 is 1.80. The fraction of sp³-hybridized carbons (Fsp3) is 0.450. The van der Waals surface area contributed by atoms with E-state index in [0.717, 1.165) is 35.3 Å². The Kier molecular flexibility index (Phi) is 3.64. The van der Waals surface area contributed by atoms with Crippen molar-refractivity contribution < 1.29 is 4.79 Å². The molecule has 0 N–H and O–H groups in total. The van der Waals surface area contributed by atoms with Crippen molar-refractivity contribution >= 4 is 28.3 Å². The van der Waals surface area contributed by atoms with E-state index in [4.69, 9.17) is 4.98 Å². The van der Waals surface area contributed by atoms with Gasteiger partial charge in [-0.15, -0.1) is 11.3 Å². The molecular formula is C20H22N4OS. The van der Waals surface area contributed by atoms with Crippen molar-refractivity contribution in [3.8, 4) is 0 Å². The van der Waals surface area contributed by atoms with Crippen LogP contribution in [0.15, 0.2) is 23.7 Å². The zero-order valence-corrected chi connectivity index (χ0v) is 15.9. The molecule has 0 radical (unpaired) electrons. The lowest BCUT2D eigenvalue weighted by Crippen LogP contribution is -2.35. The zero-order valence-electron chi connectivity index (χ0n) is 15.1. The molecule has 0 unspecified atom stereocenters. The molecule has 1 amide bonds. The van der Waals surface area contributed by atoms with Crippen LogP contribution in [0.5, 0.6) is 0 Å². The van der Waals surface area contributed by atoms with Crippen LogP contribution in [0, 0.1) is 0 Å². The number of nitrogens with zero attached hydrogens (tertiary/aromatic N) is 4. The molecule has 5 nitrogen and oxygen atoms in total. The second-order valence-electron chi connectivity index (χ2n) is 7.63. The van der Waals surface area contributed by atoms with Crippen LogP contribution in [0.2, 0.25) is 0 Å². The molecule has 5 rings (SSSR count). The minimum Gasteiger partial charge on any atom is -0.334 e. The fourth-order valence-corrected chi connectivity index (χ4v) is 4.66. The second kappa shape index (κ2) is 5.91. The summed E-state index contributed by atoms with van der Waals surface area (Å²) in [6, 6.07) is 4.40. The Morgan fingerprint density at radius 3 is 2.96 bits per heavy atom. The molecule has 0 aromatic carbocycles. The summed E-state index contributed by atoms with van der Waals surface area (Å²) < 4.78 is 1.94. The number of thiophene rings is 1. The Bertz CT molecular complexity index is 999. The number of hydrogen-bond donors (Lipinski definition) is 0. The van der Waals surface area contributed by atoms with Crippen molar-refractivity contribution in [2.75, 3.05) is 6.54 Å². The summed E-state index contributed by atoms with van der Waals surface area (Å²) in [7, 11) is 0. The van der Waals surface area contributed by atoms with Crippen LogP contribution in [0.3, 0.4) is 0 Å². The minimum absolute atomic E-state index is 0.111. The predicted molar refractivity (Wildman–Crippen MR) is 103 cm³/mol. The molecule has 3 aromatic heterocycles. The van der Waals surface area contributed by atoms with Gasteiger partial charge in [0.15, 0.2) is 5.65 Å². The van der Waals surface area contributed by atoms with E-state index in [-0.39, 0.29) is 11.9 Å². The highest BCUT2D eigenvalue weighted by molar-refractivity contribution is 7.10. The summed E-state index contributed by atoms with van der Waals surface area (Å²) in [6.07, 6.45) is 5.10. The van der Waals surface area contributed by atoms with Crippen LogP contribution >= 0.6 is 11.3 Å². The lowest BCUT2D eigenvalue weighted by Gasteiger charge is -2.27. The van der Waals surface area contributed by atoms with Crippen LogP contribution in [0.1, 0.15) is 65.1 Å². The third kappa shape index (κ3) is 2.55. The number of amides is 1. The molecule has 26 heavy (non-hydrogen) atoms. The normalized spacial score (nSPS) is 17.1. The number of hydrogen-bond acceptors (Lipinski definition) is 4. The monoisotopic (exact) mass is 366 g/mol. The van der Waals surface area contributed by atoms with E-state index in [0.29, 0.717) is 12.5 Å². The van der Waals surface area contributed by atoms with Gasteiger partial charge in [-0.1, -0.05) is 0 Å². The maximum Gasteiger partial charge on any atom is 0.255 e. The fourth-order valence-electron chi connectivity index (χ4n) is 3.77. The van der Waals surface area contributed by atoms with Gasteiger partial charge in [-0.3, -0.25) is 4.79 Å². The molecule has 4 heterocycles. The molecule has 0 atom stereocenters. The molecule has 0 spiro atoms. The number of carbonyl (C=O) groups is 1. The van der Waals surface area contributed by atoms with E-state index in [2.05, 4.69) is 30.4 Å². The predicted octanol–water partition coefficient (Wildman–Crippen LogP) is 4.15. The highest BCUT2D eigenvalue weighted by Crippen LogP contribution is 2.40. The highest BCUT2D eigenvalue weighted by Gasteiger charge is 2.30. The average molecular weight is 366 g/mol. The van der Waals surface area contributed by atoms with E-state index in [1.54, 1.807) is 11.3 Å². The van der Waals surface area contributed by atoms with E-state index in [1.807, 2.05) is 21.8 Å². The van der Waals surface area contributed by atoms with Crippen molar-refractivity contribution in [1.29, 1.82) is 0 Å². The van der Waals surface area contributed by atoms with Crippen molar-refractivity contribution in [3.05, 3.63) is 45.4 Å². The maximum atomic E-state index is 13.4. The molecule has 1 aliphatic heterocycles. The molecular weight excluding hydrogens is 344 g/mol. The Hall–Kier alpha value is -2.21. The first-order valence-electron chi connectivity index (χ1n) is 9.34. The largest absolute Gasteiger partial charge is 0.334 e. The quantitative estimate of drug-likeness (QED) is 0.700. The molecule has 0 bridgehead atoms. The summed E-state index contributed by atoms with van der Waals surface area (Å²) in [5.41, 5.74) is 3.96. The van der Waals surface area contributed by atoms with E-state index in [1.165, 1.54) is 23.3 Å². The third-order valence-corrected chi connectivity index (χ3v) is 6.42. The first kappa shape index (κ1) is 16.0. The van der Waals surface area contributed by atoms with Crippen LogP contribution in [0.4, 0.5) is 0 Å². The molecule has 3 aromatic rings. The van der Waals surface area contributed by atoms with E-state index >= 15 is 0 Å². The Labute approximate surface area is 156 Å². The number of pyridine rings is 1. The van der Waals surface area contributed by atoms with Gasteiger partial charge in [0.2, 0.25) is 0 Å². The molecule has 2 aliphatic rings. The minimum atomic E-state index is 0.111. The van der Waals surface area contributed by atoms with Crippen LogP contribution < -0.4 is 0 Å². The number of carbonyl (C=O) groups excluding carboxylic acids is 1. The first-order valence-corrected chi connectivity index (χ1v) is 10.2. The van der Waals surface area contributed by atoms with Crippen molar-refractivity contribution in [3.63, 3.8) is 0 Å². The van der Waals surface area contributed by atoms with Gasteiger partial charge < -0.3 is 4.90 Å². The standard InChI is InChI=1S/C20H22N4OS/c1-12(2)24-19-16(10-21-24)15(9-17(22-19)13-3-4-13)20(25)23-7-5-18-14(11-23)6-8-26-18/h6,8-10,12-13H,3-5,7,11H2,1-2H3. The smallest absolute Gasteiger partial charge is 0.255 e. The number of aromatic nitrogens is 3. The summed E-state index contributed by atoms with van der Waals surface area (Å²) in [5.74, 6) is 0.616. The number of fused-ring (bicyclic) bond motifs is 2. The van der Waals surface area contributed by atoms with Gasteiger partial charge in [-0.25, -0.2) is 9.67 Å². The van der Waals surface area contributed by atoms with Gasteiger partial charge in [0.1, 0.15) is 0 Å². The lowest BCUT2D eigenvalue weighted by atomic mass is 10.1. The molecule has 1 saturated carbocycles. The van der Waals surface area contributed by atoms with Gasteiger partial charge in [0.05, 0.1) is 17.1 Å². The third-order valence-electron chi connectivity index (χ3n) is 5.40. The SMILES string of the molecule is CC(C)n1ncc2c(C(=O)N3CCc4sccc4C3)cc(C3CC3)nc21. The van der Waals surface area contributed by atoms with E-state index in [9.17, 15) is 4.79 Å². The molecule has 0 saturated heterocycles. The topological polar surface area (TPSA) is 51.0 Å². The highest BCUT2D eigenvalue weighted by atomic mass is 32.1. The van der Waals surface area contributed by atoms with E-state index < -0.39 is 0 Å². The summed E-state index contributed by atoms with van der Waals surface area (Å²) in [4.78, 5) is 21.6. The Balaban J connectivity index is 1.58. The van der Waals surface area contributed by atoms with Crippen LogP contribution in [-0.2, 0) is 13.0 Å². The van der Waals surface area contributed by atoms with Gasteiger partial charge in [0, 0.05) is 35.6 Å². The summed E-state index contributed by atoms with van der Waals surface area (Å²) in [6.45, 7) is 5.69. The van der Waals surface area contributed by atoms with Gasteiger partial charge in [0.25, 0.3) is 5.91 Å². The summed E-state index contributed by atoms with van der Waals surface area (Å²) in [5, 5.41) is 7.52. The Morgan fingerprint density at radius 1 is 1.35 bits per heavy atom. The number of rotatable bonds is 3. The van der Waals surface area contributed by atoms with Crippen molar-refractivity contribution in [1.82, 2.24) is 19.7 Å². The van der Waals surface area contributed by atoms with Gasteiger partial charge >= 0.3 is 0 Å². The maximum absolute atomic E-state index is 13.4. The van der Waals surface area contributed by atoms with Gasteiger partial charge in [-0.2, -0.15) is 5.10 Å². The molecule has 134 valence electrons. The molecule has 6 heteroatoms. The molecule has 1 aliphatic carbocycles.